The number of hydrogen-bond donors (Lipinski definition) is 1. The molecule has 1 unspecified atom stereocenters. The SMILES string of the molecule is COc1ccc(Cl)cc1C(N)CSC(C)C. The lowest BCUT2D eigenvalue weighted by Crippen LogP contribution is -2.15. The number of ether oxygens (including phenoxy) is 1. The molecule has 1 atom stereocenters. The fourth-order valence-electron chi connectivity index (χ4n) is 1.38. The van der Waals surface area contributed by atoms with Gasteiger partial charge >= 0.3 is 0 Å². The standard InChI is InChI=1S/C12H18ClNOS/c1-8(2)16-7-11(14)10-6-9(13)4-5-12(10)15-3/h4-6,8,11H,7,14H2,1-3H3. The molecule has 2 N–H and O–H groups in total. The third-order valence-electron chi connectivity index (χ3n) is 2.20. The summed E-state index contributed by atoms with van der Waals surface area (Å²) in [4.78, 5) is 0. The van der Waals surface area contributed by atoms with E-state index in [1.54, 1.807) is 7.11 Å². The summed E-state index contributed by atoms with van der Waals surface area (Å²) >= 11 is 7.80. The van der Waals surface area contributed by atoms with Gasteiger partial charge in [-0.15, -0.1) is 0 Å². The highest BCUT2D eigenvalue weighted by atomic mass is 35.5. The van der Waals surface area contributed by atoms with Crippen LogP contribution in [0.25, 0.3) is 0 Å². The molecule has 0 saturated heterocycles. The summed E-state index contributed by atoms with van der Waals surface area (Å²) in [7, 11) is 1.65. The molecule has 90 valence electrons. The molecule has 0 radical (unpaired) electrons. The Kier molecular flexibility index (Phi) is 5.46. The molecule has 0 aromatic heterocycles. The van der Waals surface area contributed by atoms with Gasteiger partial charge in [-0.3, -0.25) is 0 Å². The van der Waals surface area contributed by atoms with Gasteiger partial charge in [-0.25, -0.2) is 0 Å². The van der Waals surface area contributed by atoms with E-state index in [9.17, 15) is 0 Å². The Hall–Kier alpha value is -0.380. The van der Waals surface area contributed by atoms with Crippen LogP contribution >= 0.6 is 23.4 Å². The van der Waals surface area contributed by atoms with E-state index in [-0.39, 0.29) is 6.04 Å². The summed E-state index contributed by atoms with van der Waals surface area (Å²) in [5, 5.41) is 1.28. The largest absolute Gasteiger partial charge is 0.496 e. The zero-order chi connectivity index (χ0) is 12.1. The van der Waals surface area contributed by atoms with Gasteiger partial charge in [0.1, 0.15) is 5.75 Å². The number of rotatable bonds is 5. The molecule has 0 saturated carbocycles. The lowest BCUT2D eigenvalue weighted by Gasteiger charge is -2.16. The summed E-state index contributed by atoms with van der Waals surface area (Å²) in [6, 6.07) is 5.51. The van der Waals surface area contributed by atoms with Crippen LogP contribution in [0.1, 0.15) is 25.5 Å². The van der Waals surface area contributed by atoms with Crippen LogP contribution < -0.4 is 10.5 Å². The van der Waals surface area contributed by atoms with Crippen molar-refractivity contribution in [1.82, 2.24) is 0 Å². The Morgan fingerprint density at radius 1 is 1.44 bits per heavy atom. The Morgan fingerprint density at radius 2 is 2.12 bits per heavy atom. The summed E-state index contributed by atoms with van der Waals surface area (Å²) in [6.45, 7) is 4.32. The van der Waals surface area contributed by atoms with Gasteiger partial charge < -0.3 is 10.5 Å². The first-order valence-corrected chi connectivity index (χ1v) is 6.68. The topological polar surface area (TPSA) is 35.2 Å². The molecule has 0 amide bonds. The maximum absolute atomic E-state index is 6.13. The Labute approximate surface area is 107 Å². The molecule has 0 spiro atoms. The molecule has 0 aliphatic rings. The van der Waals surface area contributed by atoms with Gasteiger partial charge in [0.2, 0.25) is 0 Å². The van der Waals surface area contributed by atoms with Crippen LogP contribution in [-0.2, 0) is 0 Å². The third kappa shape index (κ3) is 3.89. The van der Waals surface area contributed by atoms with E-state index in [0.29, 0.717) is 10.3 Å². The van der Waals surface area contributed by atoms with Gasteiger partial charge in [0.15, 0.2) is 0 Å². The minimum atomic E-state index is -0.0407. The van der Waals surface area contributed by atoms with E-state index in [2.05, 4.69) is 13.8 Å². The van der Waals surface area contributed by atoms with Crippen molar-refractivity contribution in [3.8, 4) is 5.75 Å². The summed E-state index contributed by atoms with van der Waals surface area (Å²) in [5.41, 5.74) is 7.10. The van der Waals surface area contributed by atoms with Gasteiger partial charge in [0.25, 0.3) is 0 Å². The average molecular weight is 260 g/mol. The molecule has 4 heteroatoms. The van der Waals surface area contributed by atoms with Gasteiger partial charge in [-0.05, 0) is 23.4 Å². The van der Waals surface area contributed by atoms with Crippen molar-refractivity contribution >= 4 is 23.4 Å². The van der Waals surface area contributed by atoms with Crippen LogP contribution in [0.5, 0.6) is 5.75 Å². The van der Waals surface area contributed by atoms with Gasteiger partial charge in [-0.1, -0.05) is 25.4 Å². The smallest absolute Gasteiger partial charge is 0.123 e. The van der Waals surface area contributed by atoms with E-state index < -0.39 is 0 Å². The second-order valence-corrected chi connectivity index (χ2v) is 5.92. The van der Waals surface area contributed by atoms with Crippen LogP contribution in [0.4, 0.5) is 0 Å². The van der Waals surface area contributed by atoms with E-state index >= 15 is 0 Å². The molecule has 1 aromatic carbocycles. The predicted molar refractivity (Wildman–Crippen MR) is 72.5 cm³/mol. The number of nitrogens with two attached hydrogens (primary N) is 1. The first-order valence-electron chi connectivity index (χ1n) is 5.25. The predicted octanol–water partition coefficient (Wildman–Crippen LogP) is 3.49. The first-order chi connectivity index (χ1) is 7.54. The molecule has 16 heavy (non-hydrogen) atoms. The normalized spacial score (nSPS) is 12.9. The van der Waals surface area contributed by atoms with Crippen molar-refractivity contribution < 1.29 is 4.74 Å². The second-order valence-electron chi connectivity index (χ2n) is 3.87. The van der Waals surface area contributed by atoms with Gasteiger partial charge in [0, 0.05) is 22.4 Å². The minimum Gasteiger partial charge on any atom is -0.496 e. The van der Waals surface area contributed by atoms with Crippen molar-refractivity contribution in [3.63, 3.8) is 0 Å². The van der Waals surface area contributed by atoms with Crippen molar-refractivity contribution in [2.75, 3.05) is 12.9 Å². The van der Waals surface area contributed by atoms with Crippen LogP contribution in [0.15, 0.2) is 18.2 Å². The van der Waals surface area contributed by atoms with Crippen LogP contribution in [0, 0.1) is 0 Å². The highest BCUT2D eigenvalue weighted by molar-refractivity contribution is 7.99. The Bertz CT molecular complexity index is 344. The lowest BCUT2D eigenvalue weighted by molar-refractivity contribution is 0.407. The molecule has 0 aliphatic heterocycles. The third-order valence-corrected chi connectivity index (χ3v) is 3.65. The lowest BCUT2D eigenvalue weighted by atomic mass is 10.1. The van der Waals surface area contributed by atoms with E-state index in [1.807, 2.05) is 30.0 Å². The fraction of sp³-hybridized carbons (Fsp3) is 0.500. The summed E-state index contributed by atoms with van der Waals surface area (Å²) in [6.07, 6.45) is 0. The zero-order valence-electron chi connectivity index (χ0n) is 9.87. The van der Waals surface area contributed by atoms with Crippen molar-refractivity contribution in [2.24, 2.45) is 5.73 Å². The number of halogens is 1. The van der Waals surface area contributed by atoms with E-state index in [1.165, 1.54) is 0 Å². The molecule has 0 bridgehead atoms. The van der Waals surface area contributed by atoms with Gasteiger partial charge in [-0.2, -0.15) is 11.8 Å². The second kappa shape index (κ2) is 6.38. The molecule has 0 fully saturated rings. The summed E-state index contributed by atoms with van der Waals surface area (Å²) in [5.74, 6) is 1.68. The van der Waals surface area contributed by atoms with E-state index in [0.717, 1.165) is 17.1 Å². The number of methoxy groups -OCH3 is 1. The molecule has 1 aromatic rings. The quantitative estimate of drug-likeness (QED) is 0.879. The molecule has 0 heterocycles. The molecule has 2 nitrogen and oxygen atoms in total. The van der Waals surface area contributed by atoms with Crippen LogP contribution in [-0.4, -0.2) is 18.1 Å². The zero-order valence-corrected chi connectivity index (χ0v) is 11.4. The van der Waals surface area contributed by atoms with Crippen molar-refractivity contribution in [3.05, 3.63) is 28.8 Å². The highest BCUT2D eigenvalue weighted by Gasteiger charge is 2.13. The number of thioether (sulfide) groups is 1. The van der Waals surface area contributed by atoms with Crippen LogP contribution in [0.2, 0.25) is 5.02 Å². The average Bonchev–Trinajstić information content (AvgIpc) is 2.25. The monoisotopic (exact) mass is 259 g/mol. The highest BCUT2D eigenvalue weighted by Crippen LogP contribution is 2.29. The van der Waals surface area contributed by atoms with Gasteiger partial charge in [0.05, 0.1) is 7.11 Å². The Balaban J connectivity index is 2.80. The summed E-state index contributed by atoms with van der Waals surface area (Å²) < 4.78 is 5.28. The maximum Gasteiger partial charge on any atom is 0.123 e. The molecule has 0 aliphatic carbocycles. The van der Waals surface area contributed by atoms with Crippen LogP contribution in [0.3, 0.4) is 0 Å². The minimum absolute atomic E-state index is 0.0407. The first kappa shape index (κ1) is 13.7. The number of hydrogen-bond acceptors (Lipinski definition) is 3. The van der Waals surface area contributed by atoms with Crippen molar-refractivity contribution in [1.29, 1.82) is 0 Å². The molecular weight excluding hydrogens is 242 g/mol. The maximum atomic E-state index is 6.13. The fourth-order valence-corrected chi connectivity index (χ4v) is 2.33. The van der Waals surface area contributed by atoms with E-state index in [4.69, 9.17) is 22.1 Å². The molecule has 1 rings (SSSR count). The molecular formula is C12H18ClNOS. The van der Waals surface area contributed by atoms with Crippen molar-refractivity contribution in [2.45, 2.75) is 25.1 Å². The number of benzene rings is 1. The Morgan fingerprint density at radius 3 is 2.69 bits per heavy atom.